The van der Waals surface area contributed by atoms with Crippen molar-refractivity contribution in [3.63, 3.8) is 0 Å². The Hall–Kier alpha value is -6.22. The lowest BCUT2D eigenvalue weighted by Gasteiger charge is -2.41. The molecule has 4 aromatic rings. The van der Waals surface area contributed by atoms with Gasteiger partial charge in [0.05, 0.1) is 44.2 Å². The summed E-state index contributed by atoms with van der Waals surface area (Å²) in [5, 5.41) is 10.9. The average Bonchev–Trinajstić information content (AvgIpc) is 3.71. The number of primary amides is 1. The van der Waals surface area contributed by atoms with Crippen molar-refractivity contribution in [2.45, 2.75) is 39.6 Å². The lowest BCUT2D eigenvalue weighted by atomic mass is 10.0. The first-order valence-corrected chi connectivity index (χ1v) is 18.7. The summed E-state index contributed by atoms with van der Waals surface area (Å²) in [5.74, 6) is 1.11. The molecule has 0 saturated carbocycles. The van der Waals surface area contributed by atoms with Crippen molar-refractivity contribution in [2.75, 3.05) is 50.8 Å². The summed E-state index contributed by atoms with van der Waals surface area (Å²) >= 11 is 0. The van der Waals surface area contributed by atoms with E-state index in [1.54, 1.807) is 15.9 Å². The van der Waals surface area contributed by atoms with Crippen molar-refractivity contribution in [3.05, 3.63) is 126 Å². The van der Waals surface area contributed by atoms with Gasteiger partial charge in [0.25, 0.3) is 0 Å². The summed E-state index contributed by atoms with van der Waals surface area (Å²) in [6.45, 7) is 19.6. The third-order valence-corrected chi connectivity index (χ3v) is 8.96. The van der Waals surface area contributed by atoms with Crippen molar-refractivity contribution in [2.24, 2.45) is 10.7 Å². The molecule has 0 radical (unpaired) electrons. The molecule has 57 heavy (non-hydrogen) atoms. The summed E-state index contributed by atoms with van der Waals surface area (Å²) in [6.07, 6.45) is 5.53. The van der Waals surface area contributed by atoms with Crippen LogP contribution in [0.15, 0.2) is 113 Å². The molecule has 14 nitrogen and oxygen atoms in total. The predicted molar refractivity (Wildman–Crippen MR) is 224 cm³/mol. The van der Waals surface area contributed by atoms with Gasteiger partial charge >= 0.3 is 0 Å². The molecular formula is C43H53N9O5. The number of piperazine rings is 1. The highest BCUT2D eigenvalue weighted by molar-refractivity contribution is 5.87. The summed E-state index contributed by atoms with van der Waals surface area (Å²) < 4.78 is 11.0. The number of ether oxygens (including phenoxy) is 1. The second-order valence-electron chi connectivity index (χ2n) is 13.1. The molecule has 2 aromatic heterocycles. The highest BCUT2D eigenvalue weighted by Gasteiger charge is 2.35. The fraction of sp³-hybridized carbons (Fsp3) is 0.302. The number of aromatic nitrogens is 2. The Labute approximate surface area is 334 Å². The Kier molecular flexibility index (Phi) is 17.5. The fourth-order valence-electron chi connectivity index (χ4n) is 6.23. The van der Waals surface area contributed by atoms with E-state index in [-0.39, 0.29) is 37.9 Å². The van der Waals surface area contributed by atoms with E-state index in [1.165, 1.54) is 0 Å². The Morgan fingerprint density at radius 2 is 1.79 bits per heavy atom. The fourth-order valence-corrected chi connectivity index (χ4v) is 6.23. The Morgan fingerprint density at radius 3 is 2.46 bits per heavy atom. The molecule has 2 saturated heterocycles. The number of hydrogen-bond donors (Lipinski definition) is 3. The van der Waals surface area contributed by atoms with Crippen LogP contribution in [0.1, 0.15) is 36.3 Å². The number of benzene rings is 2. The van der Waals surface area contributed by atoms with Crippen LogP contribution in [0.3, 0.4) is 0 Å². The molecular weight excluding hydrogens is 723 g/mol. The average molecular weight is 776 g/mol. The molecule has 4 N–H and O–H groups in total. The first-order valence-electron chi connectivity index (χ1n) is 18.7. The van der Waals surface area contributed by atoms with Gasteiger partial charge in [0.2, 0.25) is 18.2 Å². The van der Waals surface area contributed by atoms with Crippen molar-refractivity contribution >= 4 is 42.5 Å². The maximum absolute atomic E-state index is 13.6. The second kappa shape index (κ2) is 23.0. The van der Waals surface area contributed by atoms with Gasteiger partial charge in [0.1, 0.15) is 24.2 Å². The number of nitrogens with two attached hydrogens (primary N) is 1. The number of carbonyl (C=O) groups is 3. The van der Waals surface area contributed by atoms with Gasteiger partial charge in [0.15, 0.2) is 5.76 Å². The van der Waals surface area contributed by atoms with Crippen LogP contribution in [-0.2, 0) is 38.8 Å². The van der Waals surface area contributed by atoms with Crippen LogP contribution in [0.5, 0.6) is 0 Å². The number of amides is 3. The monoisotopic (exact) mass is 775 g/mol. The number of rotatable bonds is 14. The number of carbonyl (C=O) groups excluding carboxylic acids is 3. The summed E-state index contributed by atoms with van der Waals surface area (Å²) in [7, 11) is 0. The summed E-state index contributed by atoms with van der Waals surface area (Å²) in [5.41, 5.74) is 10.2. The van der Waals surface area contributed by atoms with Crippen molar-refractivity contribution in [3.8, 4) is 11.4 Å². The number of nitrogens with zero attached hydrogens (tertiary/aromatic N) is 6. The number of anilines is 1. The van der Waals surface area contributed by atoms with E-state index < -0.39 is 6.17 Å². The Bertz CT molecular complexity index is 1970. The minimum atomic E-state index is -0.396. The molecule has 2 aromatic carbocycles. The van der Waals surface area contributed by atoms with E-state index >= 15 is 0 Å². The Balaban J connectivity index is 0.000000723. The topological polar surface area (TPSA) is 172 Å². The number of allylic oxidation sites excluding steroid dienone is 3. The maximum Gasteiger partial charge on any atom is 0.242 e. The molecule has 0 bridgehead atoms. The molecule has 300 valence electrons. The molecule has 2 aliphatic heterocycles. The van der Waals surface area contributed by atoms with E-state index in [1.807, 2.05) is 98.8 Å². The zero-order chi connectivity index (χ0) is 41.0. The van der Waals surface area contributed by atoms with Crippen LogP contribution in [0.2, 0.25) is 0 Å². The van der Waals surface area contributed by atoms with E-state index in [2.05, 4.69) is 51.3 Å². The molecule has 0 aliphatic carbocycles. The number of pyridine rings is 1. The van der Waals surface area contributed by atoms with Crippen LogP contribution >= 0.6 is 0 Å². The third-order valence-electron chi connectivity index (χ3n) is 8.96. The van der Waals surface area contributed by atoms with Gasteiger partial charge in [-0.25, -0.2) is 4.98 Å². The minimum Gasteiger partial charge on any atom is -0.378 e. The molecule has 6 rings (SSSR count). The zero-order valence-electron chi connectivity index (χ0n) is 32.8. The second-order valence-corrected chi connectivity index (χ2v) is 13.1. The van der Waals surface area contributed by atoms with Crippen molar-refractivity contribution in [1.29, 1.82) is 0 Å². The summed E-state index contributed by atoms with van der Waals surface area (Å²) in [6, 6.07) is 23.3. The summed E-state index contributed by atoms with van der Waals surface area (Å²) in [4.78, 5) is 50.0. The lowest BCUT2D eigenvalue weighted by Crippen LogP contribution is -2.63. The van der Waals surface area contributed by atoms with Gasteiger partial charge < -0.3 is 35.0 Å². The van der Waals surface area contributed by atoms with E-state index in [9.17, 15) is 9.59 Å². The van der Waals surface area contributed by atoms with Crippen LogP contribution in [-0.4, -0.2) is 97.0 Å². The smallest absolute Gasteiger partial charge is 0.242 e. The predicted octanol–water partition coefficient (Wildman–Crippen LogP) is 4.86. The van der Waals surface area contributed by atoms with Gasteiger partial charge in [-0.1, -0.05) is 90.6 Å². The first-order chi connectivity index (χ1) is 27.7. The molecule has 0 spiro atoms. The van der Waals surface area contributed by atoms with Crippen molar-refractivity contribution < 1.29 is 23.6 Å². The standard InChI is InChI=1S/C36H40N8O4.C6H10.CH3NO/c1-3-29-27(11-7-12-30(29)37-2)23-43-24-34(39-20-26-9-5-4-6-10-26)44(25-36(43)46)35(45)22-38-21-28-19-32(41-48-28)31-13-8-14-33(40-31)42-15-17-47-18-16-42;1-4-5-6(2)3;2-1-3/h3-14,19,34,38-39H,1-2,15-18,20-25H2;4-5H,2H2,1,3H3;1H,(H2,2,3)/b;5-4-;. The quantitative estimate of drug-likeness (QED) is 0.0913. The molecule has 1 atom stereocenters. The van der Waals surface area contributed by atoms with Gasteiger partial charge in [-0.15, -0.1) is 0 Å². The van der Waals surface area contributed by atoms with Gasteiger partial charge in [-0.2, -0.15) is 0 Å². The van der Waals surface area contributed by atoms with Gasteiger partial charge in [0, 0.05) is 37.8 Å². The van der Waals surface area contributed by atoms with E-state index in [0.717, 1.165) is 41.2 Å². The van der Waals surface area contributed by atoms with Crippen LogP contribution in [0.25, 0.3) is 17.5 Å². The SMILES string of the molecule is C=C(C)/C=C\C.C=Cc1c(CN2CC(NCc3ccccc3)N(C(=O)CNCc3cc(-c4cccc(N5CCOCC5)n4)no3)CC2=O)cccc1N=C.NC=O. The number of nitrogens with one attached hydrogen (secondary N) is 2. The zero-order valence-corrected chi connectivity index (χ0v) is 32.8. The number of aliphatic imine (C=N–C) groups is 1. The lowest BCUT2D eigenvalue weighted by molar-refractivity contribution is -0.150. The minimum absolute atomic E-state index is 0.0191. The largest absolute Gasteiger partial charge is 0.378 e. The van der Waals surface area contributed by atoms with Crippen LogP contribution < -0.4 is 21.3 Å². The molecule has 3 amide bonds. The highest BCUT2D eigenvalue weighted by atomic mass is 16.5. The van der Waals surface area contributed by atoms with Crippen LogP contribution in [0, 0.1) is 0 Å². The molecule has 4 heterocycles. The van der Waals surface area contributed by atoms with Gasteiger partial charge in [-0.3, -0.25) is 24.7 Å². The molecule has 14 heteroatoms. The maximum atomic E-state index is 13.6. The van der Waals surface area contributed by atoms with Crippen LogP contribution in [0.4, 0.5) is 11.5 Å². The Morgan fingerprint density at radius 1 is 1.05 bits per heavy atom. The number of morpholine rings is 1. The van der Waals surface area contributed by atoms with E-state index in [4.69, 9.17) is 19.0 Å². The molecule has 2 fully saturated rings. The third kappa shape index (κ3) is 13.2. The van der Waals surface area contributed by atoms with E-state index in [0.29, 0.717) is 55.7 Å². The number of hydrogen-bond acceptors (Lipinski definition) is 11. The molecule has 1 unspecified atom stereocenters. The first kappa shape index (κ1) is 43.5. The molecule has 2 aliphatic rings. The van der Waals surface area contributed by atoms with Gasteiger partial charge in [-0.05, 0) is 49.9 Å². The van der Waals surface area contributed by atoms with Crippen molar-refractivity contribution in [1.82, 2.24) is 30.6 Å². The normalized spacial score (nSPS) is 15.2. The highest BCUT2D eigenvalue weighted by Crippen LogP contribution is 2.26.